The van der Waals surface area contributed by atoms with Crippen molar-refractivity contribution < 1.29 is 9.84 Å². The molecule has 2 N–H and O–H groups in total. The van der Waals surface area contributed by atoms with Crippen LogP contribution in [0.4, 0.5) is 0 Å². The fraction of sp³-hybridized carbons (Fsp3) is 1.00. The molecule has 3 unspecified atom stereocenters. The lowest BCUT2D eigenvalue weighted by Crippen LogP contribution is -2.47. The normalized spacial score (nSPS) is 30.6. The van der Waals surface area contributed by atoms with E-state index in [0.29, 0.717) is 6.04 Å². The summed E-state index contributed by atoms with van der Waals surface area (Å²) < 4.78 is 5.71. The van der Waals surface area contributed by atoms with E-state index < -0.39 is 0 Å². The molecule has 0 aromatic rings. The van der Waals surface area contributed by atoms with Crippen molar-refractivity contribution in [1.29, 1.82) is 0 Å². The van der Waals surface area contributed by atoms with E-state index in [1.165, 1.54) is 0 Å². The van der Waals surface area contributed by atoms with Gasteiger partial charge in [-0.1, -0.05) is 0 Å². The summed E-state index contributed by atoms with van der Waals surface area (Å²) in [7, 11) is 0. The third-order valence-electron chi connectivity index (χ3n) is 2.56. The molecular formula is C11H23NO2. The molecule has 1 rings (SSSR count). The van der Waals surface area contributed by atoms with Gasteiger partial charge in [0.2, 0.25) is 0 Å². The van der Waals surface area contributed by atoms with Crippen LogP contribution in [0.5, 0.6) is 0 Å². The smallest absolute Gasteiger partial charge is 0.0811 e. The lowest BCUT2D eigenvalue weighted by molar-refractivity contribution is -0.00524. The Morgan fingerprint density at radius 3 is 2.50 bits per heavy atom. The highest BCUT2D eigenvalue weighted by Crippen LogP contribution is 2.22. The van der Waals surface area contributed by atoms with E-state index in [-0.39, 0.29) is 24.4 Å². The maximum atomic E-state index is 8.95. The second kappa shape index (κ2) is 4.60. The van der Waals surface area contributed by atoms with Gasteiger partial charge in [0.05, 0.1) is 18.8 Å². The Hall–Kier alpha value is -0.120. The highest BCUT2D eigenvalue weighted by molar-refractivity contribution is 4.85. The van der Waals surface area contributed by atoms with E-state index in [0.717, 1.165) is 12.8 Å². The molecule has 14 heavy (non-hydrogen) atoms. The van der Waals surface area contributed by atoms with E-state index >= 15 is 0 Å². The van der Waals surface area contributed by atoms with Gasteiger partial charge in [-0.2, -0.15) is 0 Å². The lowest BCUT2D eigenvalue weighted by atomic mass is 10.0. The van der Waals surface area contributed by atoms with Crippen LogP contribution in [0.1, 0.15) is 40.5 Å². The molecule has 3 heteroatoms. The molecule has 0 amide bonds. The maximum Gasteiger partial charge on any atom is 0.0811 e. The van der Waals surface area contributed by atoms with Crippen LogP contribution >= 0.6 is 0 Å². The van der Waals surface area contributed by atoms with E-state index in [1.807, 2.05) is 0 Å². The predicted octanol–water partition coefficient (Wildman–Crippen LogP) is 1.30. The first-order valence-corrected chi connectivity index (χ1v) is 5.46. The van der Waals surface area contributed by atoms with Crippen LogP contribution in [-0.4, -0.2) is 35.5 Å². The zero-order chi connectivity index (χ0) is 10.8. The summed E-state index contributed by atoms with van der Waals surface area (Å²) in [5.41, 5.74) is 0.125. The SMILES string of the molecule is CC(NC(C)(C)C)C1CCC(CO)O1. The minimum absolute atomic E-state index is 0.0595. The summed E-state index contributed by atoms with van der Waals surface area (Å²) in [5.74, 6) is 0. The maximum absolute atomic E-state index is 8.95. The molecule has 0 bridgehead atoms. The van der Waals surface area contributed by atoms with Crippen molar-refractivity contribution >= 4 is 0 Å². The molecule has 1 fully saturated rings. The van der Waals surface area contributed by atoms with Crippen molar-refractivity contribution in [3.63, 3.8) is 0 Å². The molecule has 84 valence electrons. The zero-order valence-electron chi connectivity index (χ0n) is 9.71. The minimum atomic E-state index is 0.0595. The molecule has 1 aliphatic rings. The molecule has 0 radical (unpaired) electrons. The summed E-state index contributed by atoms with van der Waals surface area (Å²) >= 11 is 0. The Morgan fingerprint density at radius 2 is 2.07 bits per heavy atom. The fourth-order valence-electron chi connectivity index (χ4n) is 2.01. The van der Waals surface area contributed by atoms with Gasteiger partial charge in [0.15, 0.2) is 0 Å². The van der Waals surface area contributed by atoms with Crippen LogP contribution in [0.2, 0.25) is 0 Å². The van der Waals surface area contributed by atoms with Crippen LogP contribution in [0.25, 0.3) is 0 Å². The zero-order valence-corrected chi connectivity index (χ0v) is 9.71. The minimum Gasteiger partial charge on any atom is -0.394 e. The predicted molar refractivity (Wildman–Crippen MR) is 57.3 cm³/mol. The number of nitrogens with one attached hydrogen (secondary N) is 1. The molecule has 1 saturated heterocycles. The van der Waals surface area contributed by atoms with Crippen molar-refractivity contribution in [3.8, 4) is 0 Å². The van der Waals surface area contributed by atoms with E-state index in [1.54, 1.807) is 0 Å². The van der Waals surface area contributed by atoms with E-state index in [4.69, 9.17) is 9.84 Å². The van der Waals surface area contributed by atoms with Crippen LogP contribution < -0.4 is 5.32 Å². The molecule has 0 aliphatic carbocycles. The number of rotatable bonds is 3. The highest BCUT2D eigenvalue weighted by atomic mass is 16.5. The summed E-state index contributed by atoms with van der Waals surface area (Å²) in [6, 6.07) is 0.353. The molecule has 0 spiro atoms. The quantitative estimate of drug-likeness (QED) is 0.723. The number of ether oxygens (including phenoxy) is 1. The van der Waals surface area contributed by atoms with Gasteiger partial charge in [-0.25, -0.2) is 0 Å². The molecule has 3 nitrogen and oxygen atoms in total. The Labute approximate surface area is 86.8 Å². The van der Waals surface area contributed by atoms with Gasteiger partial charge in [-0.15, -0.1) is 0 Å². The second-order valence-corrected chi connectivity index (χ2v) is 5.24. The van der Waals surface area contributed by atoms with Crippen LogP contribution in [-0.2, 0) is 4.74 Å². The van der Waals surface area contributed by atoms with Gasteiger partial charge >= 0.3 is 0 Å². The molecule has 0 saturated carbocycles. The molecule has 3 atom stereocenters. The second-order valence-electron chi connectivity index (χ2n) is 5.24. The molecular weight excluding hydrogens is 178 g/mol. The summed E-state index contributed by atoms with van der Waals surface area (Å²) in [5, 5.41) is 12.5. The van der Waals surface area contributed by atoms with Crippen LogP contribution in [0.15, 0.2) is 0 Å². The fourth-order valence-corrected chi connectivity index (χ4v) is 2.01. The number of aliphatic hydroxyl groups is 1. The molecule has 1 heterocycles. The Morgan fingerprint density at radius 1 is 1.43 bits per heavy atom. The lowest BCUT2D eigenvalue weighted by Gasteiger charge is -2.29. The number of hydrogen-bond donors (Lipinski definition) is 2. The van der Waals surface area contributed by atoms with Crippen LogP contribution in [0.3, 0.4) is 0 Å². The van der Waals surface area contributed by atoms with Gasteiger partial charge in [0, 0.05) is 11.6 Å². The first-order chi connectivity index (χ1) is 6.42. The number of hydrogen-bond acceptors (Lipinski definition) is 3. The monoisotopic (exact) mass is 201 g/mol. The van der Waals surface area contributed by atoms with Gasteiger partial charge in [-0.3, -0.25) is 0 Å². The highest BCUT2D eigenvalue weighted by Gasteiger charge is 2.30. The summed E-state index contributed by atoms with van der Waals surface area (Å²) in [6.07, 6.45) is 2.35. The van der Waals surface area contributed by atoms with Gasteiger partial charge in [0.1, 0.15) is 0 Å². The van der Waals surface area contributed by atoms with E-state index in [2.05, 4.69) is 33.0 Å². The summed E-state index contributed by atoms with van der Waals surface area (Å²) in [4.78, 5) is 0. The van der Waals surface area contributed by atoms with Crippen LogP contribution in [0, 0.1) is 0 Å². The first kappa shape index (κ1) is 12.0. The third-order valence-corrected chi connectivity index (χ3v) is 2.56. The largest absolute Gasteiger partial charge is 0.394 e. The van der Waals surface area contributed by atoms with Gasteiger partial charge in [-0.05, 0) is 40.5 Å². The van der Waals surface area contributed by atoms with Crippen molar-refractivity contribution in [3.05, 3.63) is 0 Å². The summed E-state index contributed by atoms with van der Waals surface area (Å²) in [6.45, 7) is 8.76. The van der Waals surface area contributed by atoms with Gasteiger partial charge in [0.25, 0.3) is 0 Å². The average molecular weight is 201 g/mol. The third kappa shape index (κ3) is 3.56. The van der Waals surface area contributed by atoms with Crippen molar-refractivity contribution in [2.45, 2.75) is 64.3 Å². The first-order valence-electron chi connectivity index (χ1n) is 5.46. The standard InChI is InChI=1S/C11H23NO2/c1-8(12-11(2,3)4)10-6-5-9(7-13)14-10/h8-10,12-13H,5-7H2,1-4H3. The average Bonchev–Trinajstić information content (AvgIpc) is 2.48. The Kier molecular flexibility index (Phi) is 3.93. The van der Waals surface area contributed by atoms with E-state index in [9.17, 15) is 0 Å². The van der Waals surface area contributed by atoms with Crippen molar-refractivity contribution in [2.24, 2.45) is 0 Å². The van der Waals surface area contributed by atoms with Crippen molar-refractivity contribution in [1.82, 2.24) is 5.32 Å². The Balaban J connectivity index is 2.35. The van der Waals surface area contributed by atoms with Gasteiger partial charge < -0.3 is 15.2 Å². The molecule has 0 aromatic carbocycles. The molecule has 1 aliphatic heterocycles. The van der Waals surface area contributed by atoms with Crippen molar-refractivity contribution in [2.75, 3.05) is 6.61 Å². The topological polar surface area (TPSA) is 41.5 Å². The number of aliphatic hydroxyl groups excluding tert-OH is 1. The Bertz CT molecular complexity index is 177. The molecule has 0 aromatic heterocycles.